The molecule has 1 aliphatic heterocycles. The van der Waals surface area contributed by atoms with E-state index in [-0.39, 0.29) is 0 Å². The maximum Gasteiger partial charge on any atom is 0.263 e. The van der Waals surface area contributed by atoms with Crippen LogP contribution < -0.4 is 9.47 Å². The molecule has 0 bridgehead atoms. The lowest BCUT2D eigenvalue weighted by Gasteiger charge is -2.30. The van der Waals surface area contributed by atoms with Crippen molar-refractivity contribution in [3.63, 3.8) is 0 Å². The largest absolute Gasteiger partial charge is 0.493 e. The van der Waals surface area contributed by atoms with Crippen molar-refractivity contribution in [2.24, 2.45) is 9.98 Å². The van der Waals surface area contributed by atoms with E-state index in [1.165, 1.54) is 0 Å². The van der Waals surface area contributed by atoms with Crippen LogP contribution in [-0.2, 0) is 5.79 Å². The van der Waals surface area contributed by atoms with Crippen LogP contribution in [0.3, 0.4) is 0 Å². The molecule has 0 saturated carbocycles. The van der Waals surface area contributed by atoms with Gasteiger partial charge in [0.2, 0.25) is 0 Å². The van der Waals surface area contributed by atoms with Gasteiger partial charge in [-0.2, -0.15) is 0 Å². The monoisotopic (exact) mass is 752 g/mol. The van der Waals surface area contributed by atoms with Crippen LogP contribution in [0.2, 0.25) is 15.1 Å². The molecule has 0 unspecified atom stereocenters. The van der Waals surface area contributed by atoms with Crippen molar-refractivity contribution in [3.8, 4) is 45.4 Å². The number of nitrogens with zero attached hydrogens (tertiary/aromatic N) is 4. The number of ether oxygens (including phenoxy) is 2. The third-order valence-electron chi connectivity index (χ3n) is 9.18. The van der Waals surface area contributed by atoms with Crippen LogP contribution in [0.15, 0.2) is 162 Å². The Hall–Kier alpha value is -5.66. The molecule has 7 aromatic rings. The summed E-state index contributed by atoms with van der Waals surface area (Å²) in [6, 6.07) is 48.7. The SMILES string of the molecule is COc1ccc(-c2c(-c3ccccc3Cl)nc(-c3ccccc3Cl)n2C2(c3ccccc3Cl)N=C(c3ccccc3)C(c3ccccc3)=N2)cc1OC. The number of imidazole rings is 1. The Kier molecular flexibility index (Phi) is 9.35. The second kappa shape index (κ2) is 14.4. The first-order valence-corrected chi connectivity index (χ1v) is 18.0. The van der Waals surface area contributed by atoms with E-state index in [1.54, 1.807) is 14.2 Å². The number of aromatic nitrogens is 2. The smallest absolute Gasteiger partial charge is 0.263 e. The maximum absolute atomic E-state index is 7.24. The fraction of sp³-hybridized carbons (Fsp3) is 0.0682. The van der Waals surface area contributed by atoms with E-state index < -0.39 is 5.79 Å². The van der Waals surface area contributed by atoms with Gasteiger partial charge in [-0.05, 0) is 42.5 Å². The van der Waals surface area contributed by atoms with Crippen LogP contribution in [0.4, 0.5) is 0 Å². The molecule has 1 aromatic heterocycles. The van der Waals surface area contributed by atoms with Gasteiger partial charge in [-0.1, -0.05) is 144 Å². The van der Waals surface area contributed by atoms with Crippen LogP contribution in [0.1, 0.15) is 16.7 Å². The Balaban J connectivity index is 1.61. The van der Waals surface area contributed by atoms with Crippen LogP contribution in [0, 0.1) is 0 Å². The van der Waals surface area contributed by atoms with Gasteiger partial charge in [0.05, 0.1) is 52.1 Å². The molecule has 0 amide bonds. The Labute approximate surface area is 322 Å². The first-order valence-electron chi connectivity index (χ1n) is 16.8. The highest BCUT2D eigenvalue weighted by Gasteiger charge is 2.46. The van der Waals surface area contributed by atoms with Crippen molar-refractivity contribution in [2.45, 2.75) is 5.79 Å². The van der Waals surface area contributed by atoms with Gasteiger partial charge in [0.25, 0.3) is 5.79 Å². The molecule has 0 saturated heterocycles. The molecule has 0 spiro atoms. The topological polar surface area (TPSA) is 61.0 Å². The van der Waals surface area contributed by atoms with E-state index in [0.29, 0.717) is 71.9 Å². The normalized spacial score (nSPS) is 13.4. The lowest BCUT2D eigenvalue weighted by atomic mass is 10.0. The fourth-order valence-corrected chi connectivity index (χ4v) is 7.46. The van der Waals surface area contributed by atoms with Gasteiger partial charge < -0.3 is 9.47 Å². The summed E-state index contributed by atoms with van der Waals surface area (Å²) in [5.41, 5.74) is 7.16. The van der Waals surface area contributed by atoms with Gasteiger partial charge in [0.15, 0.2) is 11.5 Å². The van der Waals surface area contributed by atoms with Gasteiger partial charge in [0.1, 0.15) is 5.82 Å². The van der Waals surface area contributed by atoms with Crippen molar-refractivity contribution >= 4 is 46.2 Å². The molecule has 0 fully saturated rings. The third-order valence-corrected chi connectivity index (χ3v) is 10.2. The molecule has 0 N–H and O–H groups in total. The quantitative estimate of drug-likeness (QED) is 0.147. The lowest BCUT2D eigenvalue weighted by molar-refractivity contribution is 0.355. The number of halogens is 3. The maximum atomic E-state index is 7.24. The summed E-state index contributed by atoms with van der Waals surface area (Å²) in [6.45, 7) is 0. The first kappa shape index (κ1) is 34.4. The summed E-state index contributed by atoms with van der Waals surface area (Å²) in [5, 5.41) is 1.48. The predicted molar refractivity (Wildman–Crippen MR) is 216 cm³/mol. The van der Waals surface area contributed by atoms with Gasteiger partial charge in [0, 0.05) is 33.4 Å². The van der Waals surface area contributed by atoms with Crippen LogP contribution in [0.5, 0.6) is 11.5 Å². The lowest BCUT2D eigenvalue weighted by Crippen LogP contribution is -2.31. The number of methoxy groups -OCH3 is 2. The van der Waals surface area contributed by atoms with E-state index >= 15 is 0 Å². The van der Waals surface area contributed by atoms with E-state index in [1.807, 2.05) is 156 Å². The molecule has 53 heavy (non-hydrogen) atoms. The zero-order valence-electron chi connectivity index (χ0n) is 28.7. The van der Waals surface area contributed by atoms with E-state index in [2.05, 4.69) is 0 Å². The molecule has 2 heterocycles. The van der Waals surface area contributed by atoms with Crippen LogP contribution in [0.25, 0.3) is 33.9 Å². The second-order valence-electron chi connectivity index (χ2n) is 12.3. The standard InChI is InChI=1S/C44H31Cl3N4O2/c1-52-37-26-25-30(27-38(37)53-2)42-41(31-19-9-12-22-34(31)45)48-43(32-20-10-13-23-35(32)46)51(42)44(33-21-11-14-24-36(33)47)49-39(28-15-5-3-6-16-28)40(50-44)29-17-7-4-8-18-29/h3-27H,1-2H3. The molecule has 0 aliphatic carbocycles. The Morgan fingerprint density at radius 3 is 1.57 bits per heavy atom. The Bertz CT molecular complexity index is 2470. The highest BCUT2D eigenvalue weighted by atomic mass is 35.5. The molecule has 8 rings (SSSR count). The number of hydrogen-bond donors (Lipinski definition) is 0. The van der Waals surface area contributed by atoms with E-state index in [4.69, 9.17) is 59.2 Å². The average Bonchev–Trinajstić information content (AvgIpc) is 3.80. The van der Waals surface area contributed by atoms with Gasteiger partial charge in [-0.3, -0.25) is 4.57 Å². The highest BCUT2D eigenvalue weighted by Crippen LogP contribution is 2.50. The minimum atomic E-state index is -1.54. The summed E-state index contributed by atoms with van der Waals surface area (Å²) < 4.78 is 13.5. The van der Waals surface area contributed by atoms with Gasteiger partial charge in [-0.25, -0.2) is 15.0 Å². The summed E-state index contributed by atoms with van der Waals surface area (Å²) >= 11 is 21.3. The zero-order chi connectivity index (χ0) is 36.5. The number of rotatable bonds is 9. The number of benzene rings is 6. The van der Waals surface area contributed by atoms with E-state index in [0.717, 1.165) is 16.7 Å². The molecule has 260 valence electrons. The predicted octanol–water partition coefficient (Wildman–Crippen LogP) is 11.5. The number of aliphatic imine (C=N–C) groups is 2. The summed E-state index contributed by atoms with van der Waals surface area (Å²) in [7, 11) is 3.22. The summed E-state index contributed by atoms with van der Waals surface area (Å²) in [6.07, 6.45) is 0. The molecule has 9 heteroatoms. The molecule has 1 aliphatic rings. The van der Waals surface area contributed by atoms with Crippen molar-refractivity contribution in [1.29, 1.82) is 0 Å². The molecule has 6 aromatic carbocycles. The van der Waals surface area contributed by atoms with Gasteiger partial charge in [-0.15, -0.1) is 0 Å². The molecule has 0 atom stereocenters. The van der Waals surface area contributed by atoms with Crippen LogP contribution in [-0.4, -0.2) is 35.2 Å². The minimum Gasteiger partial charge on any atom is -0.493 e. The Morgan fingerprint density at radius 2 is 1.02 bits per heavy atom. The van der Waals surface area contributed by atoms with Crippen LogP contribution >= 0.6 is 34.8 Å². The minimum absolute atomic E-state index is 0.470. The summed E-state index contributed by atoms with van der Waals surface area (Å²) in [5.74, 6) is 0.0632. The highest BCUT2D eigenvalue weighted by molar-refractivity contribution is 6.54. The molecular formula is C44H31Cl3N4O2. The first-order chi connectivity index (χ1) is 25.9. The fourth-order valence-electron chi connectivity index (χ4n) is 6.75. The summed E-state index contributed by atoms with van der Waals surface area (Å²) in [4.78, 5) is 16.8. The average molecular weight is 754 g/mol. The second-order valence-corrected chi connectivity index (χ2v) is 13.5. The number of hydrogen-bond acceptors (Lipinski definition) is 5. The van der Waals surface area contributed by atoms with E-state index in [9.17, 15) is 0 Å². The van der Waals surface area contributed by atoms with Crippen molar-refractivity contribution < 1.29 is 9.47 Å². The van der Waals surface area contributed by atoms with Crippen molar-refractivity contribution in [2.75, 3.05) is 14.2 Å². The Morgan fingerprint density at radius 1 is 0.509 bits per heavy atom. The zero-order valence-corrected chi connectivity index (χ0v) is 30.9. The molecular weight excluding hydrogens is 723 g/mol. The van der Waals surface area contributed by atoms with Crippen molar-refractivity contribution in [1.82, 2.24) is 9.55 Å². The molecule has 6 nitrogen and oxygen atoms in total. The molecule has 0 radical (unpaired) electrons. The van der Waals surface area contributed by atoms with Crippen molar-refractivity contribution in [3.05, 3.63) is 183 Å². The van der Waals surface area contributed by atoms with Gasteiger partial charge >= 0.3 is 0 Å². The third kappa shape index (κ3) is 6.09.